The van der Waals surface area contributed by atoms with E-state index in [2.05, 4.69) is 40.8 Å². The lowest BCUT2D eigenvalue weighted by Gasteiger charge is -2.06. The summed E-state index contributed by atoms with van der Waals surface area (Å²) in [6, 6.07) is 14.3. The van der Waals surface area contributed by atoms with Crippen LogP contribution in [0.2, 0.25) is 0 Å². The molecular weight excluding hydrogens is 288 g/mol. The van der Waals surface area contributed by atoms with E-state index in [1.807, 2.05) is 18.2 Å². The van der Waals surface area contributed by atoms with Gasteiger partial charge in [-0.2, -0.15) is 0 Å². The molecule has 0 bridgehead atoms. The van der Waals surface area contributed by atoms with Gasteiger partial charge in [0.25, 0.3) is 0 Å². The van der Waals surface area contributed by atoms with Gasteiger partial charge >= 0.3 is 0 Å². The van der Waals surface area contributed by atoms with Crippen LogP contribution in [0, 0.1) is 0 Å². The zero-order valence-corrected chi connectivity index (χ0v) is 13.6. The van der Waals surface area contributed by atoms with Crippen molar-refractivity contribution in [2.45, 2.75) is 13.0 Å². The van der Waals surface area contributed by atoms with E-state index in [1.54, 1.807) is 14.2 Å². The molecule has 0 aliphatic carbocycles. The number of aromatic nitrogens is 1. The van der Waals surface area contributed by atoms with Gasteiger partial charge in [0, 0.05) is 23.6 Å². The summed E-state index contributed by atoms with van der Waals surface area (Å²) in [6.45, 7) is 1.78. The van der Waals surface area contributed by atoms with E-state index in [-0.39, 0.29) is 0 Å². The molecule has 1 aromatic heterocycles. The Labute approximate surface area is 136 Å². The fraction of sp³-hybridized carbons (Fsp3) is 0.263. The molecule has 0 spiro atoms. The summed E-state index contributed by atoms with van der Waals surface area (Å²) in [7, 11) is 3.38. The van der Waals surface area contributed by atoms with Crippen molar-refractivity contribution in [1.82, 2.24) is 10.3 Å². The molecule has 0 saturated heterocycles. The van der Waals surface area contributed by atoms with Gasteiger partial charge in [0.15, 0.2) is 0 Å². The highest BCUT2D eigenvalue weighted by atomic mass is 16.5. The highest BCUT2D eigenvalue weighted by molar-refractivity contribution is 5.84. The highest BCUT2D eigenvalue weighted by Crippen LogP contribution is 2.23. The van der Waals surface area contributed by atoms with Crippen molar-refractivity contribution in [2.75, 3.05) is 20.8 Å². The normalized spacial score (nSPS) is 10.9. The molecule has 3 aromatic rings. The molecule has 23 heavy (non-hydrogen) atoms. The molecule has 0 unspecified atom stereocenters. The van der Waals surface area contributed by atoms with Crippen LogP contribution < -0.4 is 14.8 Å². The first-order chi connectivity index (χ1) is 11.3. The second kappa shape index (κ2) is 7.20. The Morgan fingerprint density at radius 2 is 1.70 bits per heavy atom. The van der Waals surface area contributed by atoms with Crippen LogP contribution in [0.1, 0.15) is 11.1 Å². The van der Waals surface area contributed by atoms with E-state index in [1.165, 1.54) is 16.5 Å². The molecule has 0 aliphatic rings. The molecule has 0 fully saturated rings. The SMILES string of the molecule is COc1ccc(CNCCc2c[nH]c3ccc(OC)cc23)cc1. The molecule has 0 amide bonds. The lowest BCUT2D eigenvalue weighted by Crippen LogP contribution is -2.16. The van der Waals surface area contributed by atoms with Crippen molar-refractivity contribution in [1.29, 1.82) is 0 Å². The molecule has 0 saturated carbocycles. The summed E-state index contributed by atoms with van der Waals surface area (Å²) in [6.07, 6.45) is 3.06. The van der Waals surface area contributed by atoms with Crippen molar-refractivity contribution in [2.24, 2.45) is 0 Å². The van der Waals surface area contributed by atoms with Crippen LogP contribution in [-0.2, 0) is 13.0 Å². The van der Waals surface area contributed by atoms with Gasteiger partial charge in [-0.15, -0.1) is 0 Å². The number of nitrogens with one attached hydrogen (secondary N) is 2. The third-order valence-electron chi connectivity index (χ3n) is 4.03. The van der Waals surface area contributed by atoms with Crippen molar-refractivity contribution in [3.8, 4) is 11.5 Å². The lowest BCUT2D eigenvalue weighted by molar-refractivity contribution is 0.414. The largest absolute Gasteiger partial charge is 0.497 e. The molecule has 0 aliphatic heterocycles. The number of hydrogen-bond donors (Lipinski definition) is 2. The van der Waals surface area contributed by atoms with E-state index in [0.717, 1.165) is 36.5 Å². The minimum absolute atomic E-state index is 0.857. The lowest BCUT2D eigenvalue weighted by atomic mass is 10.1. The summed E-state index contributed by atoms with van der Waals surface area (Å²) in [5.74, 6) is 1.78. The van der Waals surface area contributed by atoms with Crippen LogP contribution in [0.25, 0.3) is 10.9 Å². The number of methoxy groups -OCH3 is 2. The number of rotatable bonds is 7. The van der Waals surface area contributed by atoms with Crippen molar-refractivity contribution >= 4 is 10.9 Å². The molecule has 2 aromatic carbocycles. The maximum atomic E-state index is 5.31. The van der Waals surface area contributed by atoms with Crippen molar-refractivity contribution < 1.29 is 9.47 Å². The van der Waals surface area contributed by atoms with Crippen LogP contribution >= 0.6 is 0 Å². The predicted molar refractivity (Wildman–Crippen MR) is 93.3 cm³/mol. The molecule has 4 nitrogen and oxygen atoms in total. The molecular formula is C19H22N2O2. The van der Waals surface area contributed by atoms with E-state index in [4.69, 9.17) is 9.47 Å². The Morgan fingerprint density at radius 1 is 0.957 bits per heavy atom. The number of benzene rings is 2. The van der Waals surface area contributed by atoms with E-state index >= 15 is 0 Å². The number of aromatic amines is 1. The first-order valence-corrected chi connectivity index (χ1v) is 7.78. The Kier molecular flexibility index (Phi) is 4.83. The summed E-state index contributed by atoms with van der Waals surface area (Å²) in [4.78, 5) is 3.31. The van der Waals surface area contributed by atoms with Gasteiger partial charge in [0.1, 0.15) is 11.5 Å². The minimum Gasteiger partial charge on any atom is -0.497 e. The fourth-order valence-electron chi connectivity index (χ4n) is 2.69. The molecule has 120 valence electrons. The zero-order chi connectivity index (χ0) is 16.1. The summed E-state index contributed by atoms with van der Waals surface area (Å²) < 4.78 is 10.5. The van der Waals surface area contributed by atoms with E-state index in [0.29, 0.717) is 0 Å². The van der Waals surface area contributed by atoms with Crippen LogP contribution in [0.15, 0.2) is 48.7 Å². The molecule has 2 N–H and O–H groups in total. The predicted octanol–water partition coefficient (Wildman–Crippen LogP) is 3.52. The molecule has 1 heterocycles. The fourth-order valence-corrected chi connectivity index (χ4v) is 2.69. The first kappa shape index (κ1) is 15.4. The number of hydrogen-bond acceptors (Lipinski definition) is 3. The van der Waals surface area contributed by atoms with Crippen molar-refractivity contribution in [3.63, 3.8) is 0 Å². The number of H-pyrrole nitrogens is 1. The van der Waals surface area contributed by atoms with Crippen LogP contribution in [0.4, 0.5) is 0 Å². The van der Waals surface area contributed by atoms with Gasteiger partial charge in [0.05, 0.1) is 14.2 Å². The molecule has 0 radical (unpaired) electrons. The summed E-state index contributed by atoms with van der Waals surface area (Å²) in [5.41, 5.74) is 3.71. The molecule has 3 rings (SSSR count). The molecule has 0 atom stereocenters. The zero-order valence-electron chi connectivity index (χ0n) is 13.6. The van der Waals surface area contributed by atoms with Gasteiger partial charge in [-0.05, 0) is 54.4 Å². The van der Waals surface area contributed by atoms with Crippen LogP contribution in [-0.4, -0.2) is 25.7 Å². The monoisotopic (exact) mass is 310 g/mol. The van der Waals surface area contributed by atoms with E-state index < -0.39 is 0 Å². The van der Waals surface area contributed by atoms with E-state index in [9.17, 15) is 0 Å². The second-order valence-corrected chi connectivity index (χ2v) is 5.50. The summed E-state index contributed by atoms with van der Waals surface area (Å²) in [5, 5.41) is 4.72. The van der Waals surface area contributed by atoms with Gasteiger partial charge in [0.2, 0.25) is 0 Å². The van der Waals surface area contributed by atoms with Crippen molar-refractivity contribution in [3.05, 3.63) is 59.8 Å². The maximum absolute atomic E-state index is 5.31. The Morgan fingerprint density at radius 3 is 2.43 bits per heavy atom. The Bertz CT molecular complexity index is 763. The third-order valence-corrected chi connectivity index (χ3v) is 4.03. The van der Waals surface area contributed by atoms with Gasteiger partial charge in [-0.1, -0.05) is 12.1 Å². The average Bonchev–Trinajstić information content (AvgIpc) is 3.01. The topological polar surface area (TPSA) is 46.3 Å². The van der Waals surface area contributed by atoms with Gasteiger partial charge in [-0.25, -0.2) is 0 Å². The standard InChI is InChI=1S/C19H22N2O2/c1-22-16-5-3-14(4-6-16)12-20-10-9-15-13-21-19-8-7-17(23-2)11-18(15)19/h3-8,11,13,20-21H,9-10,12H2,1-2H3. The maximum Gasteiger partial charge on any atom is 0.119 e. The molecule has 4 heteroatoms. The first-order valence-electron chi connectivity index (χ1n) is 7.78. The average molecular weight is 310 g/mol. The number of ether oxygens (including phenoxy) is 2. The Balaban J connectivity index is 1.56. The van der Waals surface area contributed by atoms with Crippen LogP contribution in [0.3, 0.4) is 0 Å². The second-order valence-electron chi connectivity index (χ2n) is 5.50. The minimum atomic E-state index is 0.857. The third kappa shape index (κ3) is 3.66. The Hall–Kier alpha value is -2.46. The smallest absolute Gasteiger partial charge is 0.119 e. The van der Waals surface area contributed by atoms with Crippen LogP contribution in [0.5, 0.6) is 11.5 Å². The number of fused-ring (bicyclic) bond motifs is 1. The van der Waals surface area contributed by atoms with Gasteiger partial charge < -0.3 is 19.8 Å². The quantitative estimate of drug-likeness (QED) is 0.656. The summed E-state index contributed by atoms with van der Waals surface area (Å²) >= 11 is 0. The highest BCUT2D eigenvalue weighted by Gasteiger charge is 2.05. The van der Waals surface area contributed by atoms with Gasteiger partial charge in [-0.3, -0.25) is 0 Å².